The average molecular weight is 496 g/mol. The molecule has 0 bridgehead atoms. The van der Waals surface area contributed by atoms with Gasteiger partial charge in [0.2, 0.25) is 15.9 Å². The lowest BCUT2D eigenvalue weighted by molar-refractivity contribution is -0.136. The Bertz CT molecular complexity index is 1140. The Hall–Kier alpha value is -2.59. The predicted molar refractivity (Wildman–Crippen MR) is 125 cm³/mol. The monoisotopic (exact) mass is 495 g/mol. The van der Waals surface area contributed by atoms with Crippen molar-refractivity contribution >= 4 is 28.1 Å². The molecule has 1 amide bonds. The summed E-state index contributed by atoms with van der Waals surface area (Å²) in [5.74, 6) is -1.63. The van der Waals surface area contributed by atoms with Crippen LogP contribution in [0.2, 0.25) is 0 Å². The predicted octanol–water partition coefficient (Wildman–Crippen LogP) is 4.48. The normalized spacial score (nSPS) is 15.8. The molecule has 0 N–H and O–H groups in total. The average Bonchev–Trinajstić information content (AvgIpc) is 3.20. The summed E-state index contributed by atoms with van der Waals surface area (Å²) >= 11 is 0. The Balaban J connectivity index is 1.74. The third-order valence-electron chi connectivity index (χ3n) is 6.09. The van der Waals surface area contributed by atoms with Gasteiger partial charge in [-0.05, 0) is 57.4 Å². The number of carbonyl (C=O) groups is 1. The second-order valence-corrected chi connectivity index (χ2v) is 10.3. The van der Waals surface area contributed by atoms with Crippen LogP contribution in [-0.2, 0) is 14.8 Å². The Morgan fingerprint density at radius 1 is 1.24 bits per heavy atom. The SMILES string of the molecule is CCCCN(CC)C(=O)C1CCN(S(=O)(=O)c2c(C)noc2C=Cc2ccc(F)cc2F)CC1. The van der Waals surface area contributed by atoms with Gasteiger partial charge < -0.3 is 9.42 Å². The van der Waals surface area contributed by atoms with E-state index in [1.807, 2.05) is 11.8 Å². The number of carbonyl (C=O) groups excluding carboxylic acids is 1. The van der Waals surface area contributed by atoms with E-state index in [-0.39, 0.29) is 46.8 Å². The number of hydrogen-bond donors (Lipinski definition) is 0. The molecule has 2 aromatic rings. The van der Waals surface area contributed by atoms with Crippen LogP contribution in [0.4, 0.5) is 8.78 Å². The van der Waals surface area contributed by atoms with Crippen molar-refractivity contribution in [3.63, 3.8) is 0 Å². The zero-order valence-electron chi connectivity index (χ0n) is 19.8. The van der Waals surface area contributed by atoms with Crippen molar-refractivity contribution in [3.8, 4) is 0 Å². The molecule has 0 atom stereocenters. The number of sulfonamides is 1. The van der Waals surface area contributed by atoms with Crippen LogP contribution < -0.4 is 0 Å². The first-order chi connectivity index (χ1) is 16.2. The van der Waals surface area contributed by atoms with E-state index in [0.717, 1.165) is 25.0 Å². The van der Waals surface area contributed by atoms with Crippen LogP contribution in [0.5, 0.6) is 0 Å². The highest BCUT2D eigenvalue weighted by molar-refractivity contribution is 7.89. The molecule has 2 heterocycles. The van der Waals surface area contributed by atoms with Gasteiger partial charge in [-0.1, -0.05) is 18.5 Å². The number of aromatic nitrogens is 1. The number of aryl methyl sites for hydroxylation is 1. The van der Waals surface area contributed by atoms with Gasteiger partial charge in [0.15, 0.2) is 10.7 Å². The van der Waals surface area contributed by atoms with Crippen LogP contribution in [0.15, 0.2) is 27.6 Å². The summed E-state index contributed by atoms with van der Waals surface area (Å²) in [4.78, 5) is 14.6. The largest absolute Gasteiger partial charge is 0.355 e. The van der Waals surface area contributed by atoms with Gasteiger partial charge in [0.1, 0.15) is 17.3 Å². The van der Waals surface area contributed by atoms with Gasteiger partial charge in [-0.25, -0.2) is 17.2 Å². The molecule has 0 unspecified atom stereocenters. The maximum Gasteiger partial charge on any atom is 0.248 e. The van der Waals surface area contributed by atoms with Crippen LogP contribution in [0.3, 0.4) is 0 Å². The van der Waals surface area contributed by atoms with Crippen LogP contribution in [0, 0.1) is 24.5 Å². The van der Waals surface area contributed by atoms with Gasteiger partial charge in [0, 0.05) is 43.7 Å². The fourth-order valence-corrected chi connectivity index (χ4v) is 5.82. The fraction of sp³-hybridized carbons (Fsp3) is 0.500. The molecule has 1 aliphatic rings. The van der Waals surface area contributed by atoms with E-state index in [2.05, 4.69) is 12.1 Å². The fourth-order valence-electron chi connectivity index (χ4n) is 4.10. The minimum Gasteiger partial charge on any atom is -0.355 e. The molecule has 0 aliphatic carbocycles. The molecular formula is C24H31F2N3O4S. The molecule has 3 rings (SSSR count). The minimum atomic E-state index is -3.94. The standard InChI is InChI=1S/C24H31F2N3O4S/c1-4-6-13-28(5-2)24(30)19-11-14-29(15-12-19)34(31,32)23-17(3)27-33-22(23)10-8-18-7-9-20(25)16-21(18)26/h7-10,16,19H,4-6,11-15H2,1-3H3. The summed E-state index contributed by atoms with van der Waals surface area (Å²) < 4.78 is 60.4. The quantitative estimate of drug-likeness (QED) is 0.512. The van der Waals surface area contributed by atoms with Gasteiger partial charge >= 0.3 is 0 Å². The zero-order valence-corrected chi connectivity index (χ0v) is 20.6. The van der Waals surface area contributed by atoms with Crippen molar-refractivity contribution in [1.29, 1.82) is 0 Å². The van der Waals surface area contributed by atoms with Crippen molar-refractivity contribution < 1.29 is 26.5 Å². The van der Waals surface area contributed by atoms with Gasteiger partial charge in [-0.15, -0.1) is 0 Å². The number of amides is 1. The van der Waals surface area contributed by atoms with Gasteiger partial charge in [0.05, 0.1) is 0 Å². The first kappa shape index (κ1) is 26.0. The topological polar surface area (TPSA) is 83.7 Å². The van der Waals surface area contributed by atoms with Crippen LogP contribution in [0.25, 0.3) is 12.2 Å². The lowest BCUT2D eigenvalue weighted by Crippen LogP contribution is -2.44. The second kappa shape index (κ2) is 11.2. The molecule has 0 spiro atoms. The molecule has 34 heavy (non-hydrogen) atoms. The summed E-state index contributed by atoms with van der Waals surface area (Å²) in [5, 5.41) is 3.79. The third-order valence-corrected chi connectivity index (χ3v) is 8.14. The first-order valence-electron chi connectivity index (χ1n) is 11.6. The van der Waals surface area contributed by atoms with Crippen molar-refractivity contribution in [3.05, 3.63) is 46.9 Å². The Morgan fingerprint density at radius 3 is 2.56 bits per heavy atom. The summed E-state index contributed by atoms with van der Waals surface area (Å²) in [6, 6.07) is 3.11. The highest BCUT2D eigenvalue weighted by atomic mass is 32.2. The summed E-state index contributed by atoms with van der Waals surface area (Å²) in [7, 11) is -3.94. The lowest BCUT2D eigenvalue weighted by atomic mass is 9.96. The molecule has 7 nitrogen and oxygen atoms in total. The molecule has 186 valence electrons. The van der Waals surface area contributed by atoms with Gasteiger partial charge in [-0.3, -0.25) is 4.79 Å². The number of unbranched alkanes of at least 4 members (excludes halogenated alkanes) is 1. The minimum absolute atomic E-state index is 0.0313. The zero-order chi connectivity index (χ0) is 24.9. The van der Waals surface area contributed by atoms with E-state index in [4.69, 9.17) is 4.52 Å². The van der Waals surface area contributed by atoms with Crippen molar-refractivity contribution in [2.45, 2.75) is 51.3 Å². The lowest BCUT2D eigenvalue weighted by Gasteiger charge is -2.33. The second-order valence-electron chi connectivity index (χ2n) is 8.41. The van der Waals surface area contributed by atoms with E-state index in [0.29, 0.717) is 25.9 Å². The van der Waals surface area contributed by atoms with Gasteiger partial charge in [-0.2, -0.15) is 4.31 Å². The Labute approximate surface area is 199 Å². The molecule has 0 saturated carbocycles. The van der Waals surface area contributed by atoms with E-state index in [1.54, 1.807) is 0 Å². The van der Waals surface area contributed by atoms with Crippen LogP contribution in [-0.4, -0.2) is 54.9 Å². The number of piperidine rings is 1. The molecular weight excluding hydrogens is 464 g/mol. The van der Waals surface area contributed by atoms with Crippen LogP contribution >= 0.6 is 0 Å². The number of benzene rings is 1. The summed E-state index contributed by atoms with van der Waals surface area (Å²) in [6.45, 7) is 7.34. The smallest absolute Gasteiger partial charge is 0.248 e. The number of halogens is 2. The third kappa shape index (κ3) is 5.72. The molecule has 10 heteroatoms. The molecule has 1 fully saturated rings. The molecule has 1 aromatic carbocycles. The number of rotatable bonds is 9. The summed E-state index contributed by atoms with van der Waals surface area (Å²) in [6.07, 6.45) is 5.45. The maximum atomic E-state index is 13.9. The van der Waals surface area contributed by atoms with Gasteiger partial charge in [0.25, 0.3) is 0 Å². The van der Waals surface area contributed by atoms with Crippen molar-refractivity contribution in [2.24, 2.45) is 5.92 Å². The first-order valence-corrected chi connectivity index (χ1v) is 13.0. The number of hydrogen-bond acceptors (Lipinski definition) is 5. The Kier molecular flexibility index (Phi) is 8.59. The van der Waals surface area contributed by atoms with E-state index in [9.17, 15) is 22.0 Å². The van der Waals surface area contributed by atoms with E-state index < -0.39 is 21.7 Å². The number of nitrogens with zero attached hydrogens (tertiary/aromatic N) is 3. The molecule has 1 saturated heterocycles. The van der Waals surface area contributed by atoms with Crippen molar-refractivity contribution in [1.82, 2.24) is 14.4 Å². The van der Waals surface area contributed by atoms with Crippen molar-refractivity contribution in [2.75, 3.05) is 26.2 Å². The molecule has 0 radical (unpaired) electrons. The van der Waals surface area contributed by atoms with E-state index >= 15 is 0 Å². The molecule has 1 aliphatic heterocycles. The maximum absolute atomic E-state index is 13.9. The van der Waals surface area contributed by atoms with Crippen LogP contribution in [0.1, 0.15) is 56.5 Å². The van der Waals surface area contributed by atoms with E-state index in [1.165, 1.54) is 29.4 Å². The molecule has 1 aromatic heterocycles. The summed E-state index contributed by atoms with van der Waals surface area (Å²) in [5.41, 5.74) is 0.274. The Morgan fingerprint density at radius 2 is 1.94 bits per heavy atom. The highest BCUT2D eigenvalue weighted by Gasteiger charge is 2.36. The highest BCUT2D eigenvalue weighted by Crippen LogP contribution is 2.30.